The third kappa shape index (κ3) is 3.20. The summed E-state index contributed by atoms with van der Waals surface area (Å²) in [6, 6.07) is 15.0. The molecule has 1 fully saturated rings. The van der Waals surface area contributed by atoms with Gasteiger partial charge in [-0.1, -0.05) is 36.4 Å². The third-order valence-electron chi connectivity index (χ3n) is 5.02. The van der Waals surface area contributed by atoms with Crippen LogP contribution in [0.1, 0.15) is 23.7 Å². The maximum absolute atomic E-state index is 13.2. The van der Waals surface area contributed by atoms with Gasteiger partial charge in [0.1, 0.15) is 23.0 Å². The Morgan fingerprint density at radius 2 is 1.85 bits per heavy atom. The van der Waals surface area contributed by atoms with Gasteiger partial charge in [-0.05, 0) is 24.6 Å². The van der Waals surface area contributed by atoms with Crippen LogP contribution >= 0.6 is 0 Å². The highest BCUT2D eigenvalue weighted by Gasteiger charge is 2.48. The average molecular weight is 360 g/mol. The van der Waals surface area contributed by atoms with Gasteiger partial charge in [0.05, 0.1) is 0 Å². The predicted molar refractivity (Wildman–Crippen MR) is 101 cm³/mol. The minimum atomic E-state index is -0.989. The molecule has 3 rings (SSSR count). The average Bonchev–Trinajstić information content (AvgIpc) is 2.69. The summed E-state index contributed by atoms with van der Waals surface area (Å²) in [5.41, 5.74) is 0.921. The number of hydrogen-bond acceptors (Lipinski definition) is 4. The molecule has 0 saturated carbocycles. The first-order valence-electron chi connectivity index (χ1n) is 8.55. The molecule has 1 atom stereocenters. The number of amides is 2. The van der Waals surface area contributed by atoms with Gasteiger partial charge in [-0.25, -0.2) is 4.98 Å². The van der Waals surface area contributed by atoms with Crippen LogP contribution in [0.3, 0.4) is 0 Å². The summed E-state index contributed by atoms with van der Waals surface area (Å²) in [7, 11) is 3.23. The zero-order valence-corrected chi connectivity index (χ0v) is 15.5. The number of aromatic nitrogens is 1. The molecule has 6 nitrogen and oxygen atoms in total. The molecular weight excluding hydrogens is 340 g/mol. The van der Waals surface area contributed by atoms with E-state index in [1.807, 2.05) is 36.4 Å². The van der Waals surface area contributed by atoms with E-state index in [4.69, 9.17) is 0 Å². The lowest BCUT2D eigenvalue weighted by Crippen LogP contribution is -2.64. The van der Waals surface area contributed by atoms with E-state index in [2.05, 4.69) is 4.98 Å². The van der Waals surface area contributed by atoms with Crippen molar-refractivity contribution in [1.82, 2.24) is 14.8 Å². The van der Waals surface area contributed by atoms with Gasteiger partial charge in [0.2, 0.25) is 0 Å². The van der Waals surface area contributed by atoms with Crippen molar-refractivity contribution in [1.29, 1.82) is 5.26 Å². The Morgan fingerprint density at radius 3 is 2.52 bits per heavy atom. The Hall–Kier alpha value is -3.46. The molecule has 2 aromatic rings. The number of likely N-dealkylation sites (N-methyl/N-ethyl adjacent to an activating group) is 2. The highest BCUT2D eigenvalue weighted by Crippen LogP contribution is 2.31. The molecule has 1 aliphatic rings. The van der Waals surface area contributed by atoms with Gasteiger partial charge >= 0.3 is 0 Å². The minimum absolute atomic E-state index is 0.179. The van der Waals surface area contributed by atoms with Crippen LogP contribution in [0.4, 0.5) is 0 Å². The van der Waals surface area contributed by atoms with Crippen molar-refractivity contribution in [2.45, 2.75) is 18.9 Å². The second-order valence-electron chi connectivity index (χ2n) is 6.75. The number of nitrogens with zero attached hydrogens (tertiary/aromatic N) is 4. The standard InChI is InChI=1S/C21H20N4O2/c1-21(13-15-8-5-4-6-9-15)20(27)24(2)18(19(26)25(21)3)12-16-10-7-11-23-17(16)14-22/h4-12H,13H2,1-3H3/t21-/m1/s1. The van der Waals surface area contributed by atoms with Gasteiger partial charge < -0.3 is 9.80 Å². The molecule has 0 N–H and O–H groups in total. The summed E-state index contributed by atoms with van der Waals surface area (Å²) < 4.78 is 0. The number of hydrogen-bond donors (Lipinski definition) is 0. The maximum atomic E-state index is 13.2. The molecule has 1 aliphatic heterocycles. The van der Waals surface area contributed by atoms with Crippen molar-refractivity contribution in [3.05, 3.63) is 71.2 Å². The number of pyridine rings is 1. The van der Waals surface area contributed by atoms with E-state index >= 15 is 0 Å². The molecule has 0 radical (unpaired) electrons. The lowest BCUT2D eigenvalue weighted by Gasteiger charge is -2.45. The van der Waals surface area contributed by atoms with Crippen LogP contribution in [0.25, 0.3) is 6.08 Å². The zero-order chi connectivity index (χ0) is 19.6. The molecule has 2 amide bonds. The quantitative estimate of drug-likeness (QED) is 0.787. The zero-order valence-electron chi connectivity index (χ0n) is 15.5. The molecule has 0 unspecified atom stereocenters. The van der Waals surface area contributed by atoms with E-state index in [0.29, 0.717) is 12.0 Å². The third-order valence-corrected chi connectivity index (χ3v) is 5.02. The summed E-state index contributed by atoms with van der Waals surface area (Å²) in [6.07, 6.45) is 3.48. The van der Waals surface area contributed by atoms with Gasteiger partial charge in [-0.2, -0.15) is 5.26 Å². The van der Waals surface area contributed by atoms with E-state index in [0.717, 1.165) is 5.56 Å². The molecule has 1 saturated heterocycles. The Labute approximate surface area is 158 Å². The van der Waals surface area contributed by atoms with Gasteiger partial charge in [-0.3, -0.25) is 9.59 Å². The van der Waals surface area contributed by atoms with E-state index in [9.17, 15) is 14.9 Å². The number of rotatable bonds is 3. The van der Waals surface area contributed by atoms with Crippen LogP contribution in [0, 0.1) is 11.3 Å². The molecule has 0 bridgehead atoms. The molecule has 0 aliphatic carbocycles. The van der Waals surface area contributed by atoms with E-state index in [-0.39, 0.29) is 23.2 Å². The van der Waals surface area contributed by atoms with Crippen LogP contribution in [0.15, 0.2) is 54.4 Å². The summed E-state index contributed by atoms with van der Waals surface area (Å²) in [4.78, 5) is 33.1. The Balaban J connectivity index is 2.00. The minimum Gasteiger partial charge on any atom is -0.326 e. The van der Waals surface area contributed by atoms with Crippen LogP contribution in [0.5, 0.6) is 0 Å². The number of benzene rings is 1. The van der Waals surface area contributed by atoms with Gasteiger partial charge in [-0.15, -0.1) is 0 Å². The van der Waals surface area contributed by atoms with Crippen molar-refractivity contribution < 1.29 is 9.59 Å². The topological polar surface area (TPSA) is 77.3 Å². The second kappa shape index (κ2) is 7.04. The second-order valence-corrected chi connectivity index (χ2v) is 6.75. The largest absolute Gasteiger partial charge is 0.326 e. The monoisotopic (exact) mass is 360 g/mol. The fourth-order valence-corrected chi connectivity index (χ4v) is 3.27. The fraction of sp³-hybridized carbons (Fsp3) is 0.238. The van der Waals surface area contributed by atoms with Crippen LogP contribution in [-0.2, 0) is 16.0 Å². The predicted octanol–water partition coefficient (Wildman–Crippen LogP) is 2.23. The van der Waals surface area contributed by atoms with Gasteiger partial charge in [0, 0.05) is 32.3 Å². The van der Waals surface area contributed by atoms with Crippen molar-refractivity contribution in [3.8, 4) is 6.07 Å². The normalized spacial score (nSPS) is 21.5. The van der Waals surface area contributed by atoms with Crippen LogP contribution < -0.4 is 0 Å². The Kier molecular flexibility index (Phi) is 4.78. The van der Waals surface area contributed by atoms with Crippen LogP contribution in [-0.4, -0.2) is 46.2 Å². The fourth-order valence-electron chi connectivity index (χ4n) is 3.27. The molecule has 1 aromatic carbocycles. The van der Waals surface area contributed by atoms with Crippen molar-refractivity contribution in [2.75, 3.05) is 14.1 Å². The molecule has 0 spiro atoms. The summed E-state index contributed by atoms with van der Waals surface area (Å²) >= 11 is 0. The number of carbonyl (C=O) groups excluding carboxylic acids is 2. The highest BCUT2D eigenvalue weighted by atomic mass is 16.2. The highest BCUT2D eigenvalue weighted by molar-refractivity contribution is 6.08. The summed E-state index contributed by atoms with van der Waals surface area (Å²) in [5, 5.41) is 9.21. The van der Waals surface area contributed by atoms with Crippen LogP contribution in [0.2, 0.25) is 0 Å². The molecule has 1 aromatic heterocycles. The Bertz CT molecular complexity index is 962. The van der Waals surface area contributed by atoms with E-state index in [1.165, 1.54) is 16.0 Å². The van der Waals surface area contributed by atoms with Crippen molar-refractivity contribution >= 4 is 17.9 Å². The van der Waals surface area contributed by atoms with Crippen molar-refractivity contribution in [2.24, 2.45) is 0 Å². The molecule has 6 heteroatoms. The molecule has 2 heterocycles. The molecule has 27 heavy (non-hydrogen) atoms. The number of nitriles is 1. The Morgan fingerprint density at radius 1 is 1.15 bits per heavy atom. The molecular formula is C21H20N4O2. The lowest BCUT2D eigenvalue weighted by molar-refractivity contribution is -0.155. The maximum Gasteiger partial charge on any atom is 0.271 e. The van der Waals surface area contributed by atoms with E-state index < -0.39 is 5.54 Å². The summed E-state index contributed by atoms with van der Waals surface area (Å²) in [5.74, 6) is -0.453. The van der Waals surface area contributed by atoms with Crippen molar-refractivity contribution in [3.63, 3.8) is 0 Å². The summed E-state index contributed by atoms with van der Waals surface area (Å²) in [6.45, 7) is 1.78. The van der Waals surface area contributed by atoms with E-state index in [1.54, 1.807) is 39.2 Å². The first-order valence-corrected chi connectivity index (χ1v) is 8.55. The first kappa shape index (κ1) is 18.3. The smallest absolute Gasteiger partial charge is 0.271 e. The van der Waals surface area contributed by atoms with Gasteiger partial charge in [0.25, 0.3) is 11.8 Å². The first-order chi connectivity index (χ1) is 12.9. The number of carbonyl (C=O) groups is 2. The lowest BCUT2D eigenvalue weighted by atomic mass is 9.87. The van der Waals surface area contributed by atoms with Gasteiger partial charge in [0.15, 0.2) is 0 Å². The number of piperazine rings is 1. The molecule has 136 valence electrons. The SMILES string of the molecule is CN1C(=O)[C@@](C)(Cc2ccccc2)N(C)C(=O)C1=Cc1cccnc1C#N.